The standard InChI is InChI=1S/C25H27N7O5S/c1-2-37-24(35)18(29-21(33)22-30-16-5-3-4-6-19(16)38-22)13-28-25(36)31-17-11-12-32(23(17)34)15-9-7-14(8-10-15)20(26)27/h3-10,17-18H,2,11-13H2,1H3,(H3,26,27)(H,29,33)(H2,28,31,36). The van der Waals surface area contributed by atoms with Crippen LogP contribution in [0, 0.1) is 5.41 Å². The summed E-state index contributed by atoms with van der Waals surface area (Å²) in [6.45, 7) is 1.87. The number of carbonyl (C=O) groups is 4. The minimum absolute atomic E-state index is 0.0714. The SMILES string of the molecule is CCOC(=O)C(CNC(=O)NC1CCN(c2ccc(C(=N)N)cc2)C1=O)NC(=O)c1nc2ccccc2s1. The van der Waals surface area contributed by atoms with E-state index in [0.717, 1.165) is 4.70 Å². The van der Waals surface area contributed by atoms with E-state index in [4.69, 9.17) is 15.9 Å². The minimum Gasteiger partial charge on any atom is -0.464 e. The predicted octanol–water partition coefficient (Wildman–Crippen LogP) is 1.35. The average Bonchev–Trinajstić information content (AvgIpc) is 3.50. The van der Waals surface area contributed by atoms with Crippen LogP contribution in [0.15, 0.2) is 48.5 Å². The number of nitrogens with zero attached hydrogens (tertiary/aromatic N) is 2. The van der Waals surface area contributed by atoms with Gasteiger partial charge in [-0.05, 0) is 49.7 Å². The summed E-state index contributed by atoms with van der Waals surface area (Å²) in [5.41, 5.74) is 7.31. The van der Waals surface area contributed by atoms with Crippen LogP contribution >= 0.6 is 11.3 Å². The number of ether oxygens (including phenoxy) is 1. The molecule has 13 heteroatoms. The number of fused-ring (bicyclic) bond motifs is 1. The molecule has 1 aliphatic heterocycles. The van der Waals surface area contributed by atoms with E-state index in [9.17, 15) is 19.2 Å². The van der Waals surface area contributed by atoms with E-state index in [1.54, 1.807) is 37.3 Å². The Morgan fingerprint density at radius 2 is 1.95 bits per heavy atom. The monoisotopic (exact) mass is 537 g/mol. The summed E-state index contributed by atoms with van der Waals surface area (Å²) in [5.74, 6) is -1.64. The summed E-state index contributed by atoms with van der Waals surface area (Å²) in [6.07, 6.45) is 0.385. The third-order valence-corrected chi connectivity index (χ3v) is 6.87. The van der Waals surface area contributed by atoms with Gasteiger partial charge >= 0.3 is 12.0 Å². The Hall–Kier alpha value is -4.52. The number of hydrogen-bond acceptors (Lipinski definition) is 8. The molecule has 6 N–H and O–H groups in total. The first-order valence-corrected chi connectivity index (χ1v) is 12.7. The van der Waals surface area contributed by atoms with Crippen LogP contribution in [0.3, 0.4) is 0 Å². The molecule has 0 spiro atoms. The zero-order valence-electron chi connectivity index (χ0n) is 20.5. The molecule has 0 aliphatic carbocycles. The average molecular weight is 538 g/mol. The van der Waals surface area contributed by atoms with Gasteiger partial charge in [0.1, 0.15) is 17.9 Å². The van der Waals surface area contributed by atoms with Crippen molar-refractivity contribution >= 4 is 56.9 Å². The number of anilines is 1. The second-order valence-corrected chi connectivity index (χ2v) is 9.44. The van der Waals surface area contributed by atoms with Gasteiger partial charge in [0.25, 0.3) is 5.91 Å². The molecular weight excluding hydrogens is 510 g/mol. The molecule has 0 saturated carbocycles. The van der Waals surface area contributed by atoms with Gasteiger partial charge in [-0.15, -0.1) is 11.3 Å². The fourth-order valence-corrected chi connectivity index (χ4v) is 4.79. The summed E-state index contributed by atoms with van der Waals surface area (Å²) in [7, 11) is 0. The zero-order chi connectivity index (χ0) is 27.2. The number of nitrogens with one attached hydrogen (secondary N) is 4. The molecule has 3 aromatic rings. The third kappa shape index (κ3) is 6.06. The van der Waals surface area contributed by atoms with Crippen LogP contribution in [-0.4, -0.2) is 66.4 Å². The zero-order valence-corrected chi connectivity index (χ0v) is 21.3. The lowest BCUT2D eigenvalue weighted by Gasteiger charge is -2.19. The predicted molar refractivity (Wildman–Crippen MR) is 142 cm³/mol. The normalized spacial score (nSPS) is 15.7. The summed E-state index contributed by atoms with van der Waals surface area (Å²) in [6, 6.07) is 11.4. The van der Waals surface area contributed by atoms with E-state index in [-0.39, 0.29) is 29.9 Å². The molecule has 1 saturated heterocycles. The largest absolute Gasteiger partial charge is 0.464 e. The molecule has 2 heterocycles. The topological polar surface area (TPSA) is 180 Å². The van der Waals surface area contributed by atoms with Gasteiger partial charge < -0.3 is 31.3 Å². The van der Waals surface area contributed by atoms with Crippen LogP contribution in [0.2, 0.25) is 0 Å². The summed E-state index contributed by atoms with van der Waals surface area (Å²) in [5, 5.41) is 15.4. The summed E-state index contributed by atoms with van der Waals surface area (Å²) < 4.78 is 5.87. The van der Waals surface area contributed by atoms with Crippen LogP contribution in [0.4, 0.5) is 10.5 Å². The van der Waals surface area contributed by atoms with Crippen molar-refractivity contribution < 1.29 is 23.9 Å². The maximum Gasteiger partial charge on any atom is 0.330 e. The fraction of sp³-hybridized carbons (Fsp3) is 0.280. The number of urea groups is 1. The van der Waals surface area contributed by atoms with Gasteiger partial charge in [-0.2, -0.15) is 0 Å². The van der Waals surface area contributed by atoms with Crippen LogP contribution in [0.1, 0.15) is 28.7 Å². The van der Waals surface area contributed by atoms with Crippen LogP contribution < -0.4 is 26.6 Å². The molecule has 198 valence electrons. The van der Waals surface area contributed by atoms with E-state index in [0.29, 0.717) is 29.7 Å². The Balaban J connectivity index is 1.34. The van der Waals surface area contributed by atoms with Crippen molar-refractivity contribution in [2.45, 2.75) is 25.4 Å². The number of rotatable bonds is 9. The van der Waals surface area contributed by atoms with Crippen molar-refractivity contribution in [1.29, 1.82) is 5.41 Å². The highest BCUT2D eigenvalue weighted by Gasteiger charge is 2.34. The van der Waals surface area contributed by atoms with Crippen molar-refractivity contribution in [3.63, 3.8) is 0 Å². The van der Waals surface area contributed by atoms with Gasteiger partial charge in [0.15, 0.2) is 5.01 Å². The minimum atomic E-state index is -1.16. The van der Waals surface area contributed by atoms with Gasteiger partial charge in [-0.1, -0.05) is 12.1 Å². The van der Waals surface area contributed by atoms with Crippen molar-refractivity contribution in [3.8, 4) is 0 Å². The van der Waals surface area contributed by atoms with E-state index in [1.165, 1.54) is 16.2 Å². The molecule has 4 rings (SSSR count). The molecule has 1 aromatic heterocycles. The number of benzene rings is 2. The van der Waals surface area contributed by atoms with Crippen LogP contribution in [-0.2, 0) is 14.3 Å². The molecule has 2 unspecified atom stereocenters. The van der Waals surface area contributed by atoms with Crippen LogP contribution in [0.5, 0.6) is 0 Å². The molecule has 38 heavy (non-hydrogen) atoms. The second-order valence-electron chi connectivity index (χ2n) is 8.41. The number of nitrogen functional groups attached to an aromatic ring is 1. The molecule has 0 bridgehead atoms. The lowest BCUT2D eigenvalue weighted by atomic mass is 10.2. The maximum absolute atomic E-state index is 12.8. The Morgan fingerprint density at radius 3 is 2.63 bits per heavy atom. The third-order valence-electron chi connectivity index (χ3n) is 5.83. The van der Waals surface area contributed by atoms with E-state index in [1.807, 2.05) is 18.2 Å². The Morgan fingerprint density at radius 1 is 1.21 bits per heavy atom. The van der Waals surface area contributed by atoms with Crippen molar-refractivity contribution in [2.75, 3.05) is 24.6 Å². The first-order chi connectivity index (χ1) is 18.3. The van der Waals surface area contributed by atoms with E-state index in [2.05, 4.69) is 20.9 Å². The fourth-order valence-electron chi connectivity index (χ4n) is 3.92. The Kier molecular flexibility index (Phi) is 8.16. The lowest BCUT2D eigenvalue weighted by Crippen LogP contribution is -2.53. The quantitative estimate of drug-likeness (QED) is 0.155. The number of amidine groups is 1. The van der Waals surface area contributed by atoms with Crippen LogP contribution in [0.25, 0.3) is 10.2 Å². The maximum atomic E-state index is 12.8. The number of thiazole rings is 1. The number of para-hydroxylation sites is 1. The number of amides is 4. The van der Waals surface area contributed by atoms with E-state index < -0.39 is 30.0 Å². The molecule has 2 atom stereocenters. The van der Waals surface area contributed by atoms with Gasteiger partial charge in [0.05, 0.1) is 23.4 Å². The molecule has 0 radical (unpaired) electrons. The number of hydrogen-bond donors (Lipinski definition) is 5. The van der Waals surface area contributed by atoms with Gasteiger partial charge in [-0.25, -0.2) is 14.6 Å². The Bertz CT molecular complexity index is 1340. The van der Waals surface area contributed by atoms with Gasteiger partial charge in [-0.3, -0.25) is 15.0 Å². The lowest BCUT2D eigenvalue weighted by molar-refractivity contribution is -0.145. The number of aromatic nitrogens is 1. The highest BCUT2D eigenvalue weighted by molar-refractivity contribution is 7.20. The van der Waals surface area contributed by atoms with Crippen molar-refractivity contribution in [2.24, 2.45) is 5.73 Å². The summed E-state index contributed by atoms with van der Waals surface area (Å²) >= 11 is 1.19. The van der Waals surface area contributed by atoms with Crippen molar-refractivity contribution in [3.05, 3.63) is 59.1 Å². The first kappa shape index (κ1) is 26.5. The molecule has 12 nitrogen and oxygen atoms in total. The first-order valence-electron chi connectivity index (χ1n) is 11.9. The number of esters is 1. The Labute approximate surface area is 222 Å². The van der Waals surface area contributed by atoms with E-state index >= 15 is 0 Å². The number of carbonyl (C=O) groups excluding carboxylic acids is 4. The second kappa shape index (κ2) is 11.7. The molecule has 4 amide bonds. The molecular formula is C25H27N7O5S. The summed E-state index contributed by atoms with van der Waals surface area (Å²) in [4.78, 5) is 56.4. The highest BCUT2D eigenvalue weighted by Crippen LogP contribution is 2.23. The molecule has 1 fully saturated rings. The number of nitrogens with two attached hydrogens (primary N) is 1. The molecule has 2 aromatic carbocycles. The highest BCUT2D eigenvalue weighted by atomic mass is 32.1. The van der Waals surface area contributed by atoms with Gasteiger partial charge in [0.2, 0.25) is 5.91 Å². The van der Waals surface area contributed by atoms with Gasteiger partial charge in [0, 0.05) is 17.8 Å². The van der Waals surface area contributed by atoms with Crippen molar-refractivity contribution in [1.82, 2.24) is 20.9 Å². The molecule has 1 aliphatic rings. The smallest absolute Gasteiger partial charge is 0.330 e.